The third kappa shape index (κ3) is 14.1. The molecular formula is C47H70N4O16S. The Morgan fingerprint density at radius 3 is 2.41 bits per heavy atom. The molecule has 3 N–H and O–H groups in total. The number of rotatable bonds is 12. The monoisotopic (exact) mass is 978 g/mol. The van der Waals surface area contributed by atoms with E-state index in [0.29, 0.717) is 24.4 Å². The molecule has 0 amide bonds. The number of carbonyl (C=O) groups excluding carboxylic acids is 2. The Morgan fingerprint density at radius 2 is 1.69 bits per heavy atom. The van der Waals surface area contributed by atoms with E-state index in [4.69, 9.17) is 52.0 Å². The summed E-state index contributed by atoms with van der Waals surface area (Å²) in [7, 11) is 6.48. The van der Waals surface area contributed by atoms with E-state index in [1.165, 1.54) is 31.6 Å². The molecule has 3 saturated heterocycles. The number of likely N-dealkylation sites (N-methyl/N-ethyl adjacent to an activating group) is 1. The molecule has 16 atom stereocenters. The van der Waals surface area contributed by atoms with Gasteiger partial charge < -0.3 is 72.2 Å². The normalized spacial score (nSPS) is 38.1. The van der Waals surface area contributed by atoms with Gasteiger partial charge in [0.15, 0.2) is 25.0 Å². The van der Waals surface area contributed by atoms with Gasteiger partial charge in [-0.3, -0.25) is 9.59 Å². The number of hydrogen-bond donors (Lipinski definition) is 3. The predicted octanol–water partition coefficient (Wildman–Crippen LogP) is 3.32. The average molecular weight is 979 g/mol. The molecule has 2 bridgehead atoms. The predicted molar refractivity (Wildman–Crippen MR) is 245 cm³/mol. The maximum atomic E-state index is 14.1. The molecule has 2 aromatic rings. The number of ketones is 1. The van der Waals surface area contributed by atoms with Crippen LogP contribution in [0.2, 0.25) is 0 Å². The zero-order valence-corrected chi connectivity index (χ0v) is 41.2. The molecule has 380 valence electrons. The Kier molecular flexibility index (Phi) is 20.2. The van der Waals surface area contributed by atoms with Crippen molar-refractivity contribution >= 4 is 28.8 Å². The maximum absolute atomic E-state index is 14.1. The summed E-state index contributed by atoms with van der Waals surface area (Å²) in [6, 6.07) is 3.04. The minimum atomic E-state index is -1.26. The average Bonchev–Trinajstić information content (AvgIpc) is 4.02. The van der Waals surface area contributed by atoms with Crippen LogP contribution >= 0.6 is 11.3 Å². The first-order chi connectivity index (χ1) is 32.6. The number of esters is 1. The summed E-state index contributed by atoms with van der Waals surface area (Å²) in [5.41, 5.74) is 1.11. The van der Waals surface area contributed by atoms with Gasteiger partial charge >= 0.3 is 5.97 Å². The Morgan fingerprint density at radius 1 is 0.941 bits per heavy atom. The second-order valence-corrected chi connectivity index (χ2v) is 19.3. The molecule has 1 unspecified atom stereocenters. The second-order valence-electron chi connectivity index (χ2n) is 18.3. The zero-order chi connectivity index (χ0) is 49.1. The van der Waals surface area contributed by atoms with Gasteiger partial charge in [-0.2, -0.15) is 4.98 Å². The largest absolute Gasteiger partial charge is 0.465 e. The number of ether oxygens (including phenoxy) is 9. The molecule has 0 aliphatic carbocycles. The van der Waals surface area contributed by atoms with Gasteiger partial charge in [-0.05, 0) is 71.1 Å². The lowest BCUT2D eigenvalue weighted by molar-refractivity contribution is -0.305. The van der Waals surface area contributed by atoms with Crippen LogP contribution in [0, 0.1) is 23.7 Å². The zero-order valence-electron chi connectivity index (χ0n) is 40.4. The van der Waals surface area contributed by atoms with E-state index in [1.807, 2.05) is 44.4 Å². The summed E-state index contributed by atoms with van der Waals surface area (Å²) in [5.74, 6) is -2.02. The van der Waals surface area contributed by atoms with Crippen LogP contribution in [0.4, 0.5) is 0 Å². The van der Waals surface area contributed by atoms with E-state index >= 15 is 0 Å². The van der Waals surface area contributed by atoms with Crippen LogP contribution in [0.3, 0.4) is 0 Å². The summed E-state index contributed by atoms with van der Waals surface area (Å²) in [5, 5.41) is 43.7. The van der Waals surface area contributed by atoms with Crippen molar-refractivity contribution in [3.63, 3.8) is 0 Å². The molecule has 2 aromatic heterocycles. The molecule has 4 aliphatic heterocycles. The first-order valence-electron chi connectivity index (χ1n) is 23.2. The molecule has 6 heterocycles. The van der Waals surface area contributed by atoms with Gasteiger partial charge in [-0.1, -0.05) is 48.0 Å². The van der Waals surface area contributed by atoms with Crippen molar-refractivity contribution in [2.24, 2.45) is 28.8 Å². The number of fused-ring (bicyclic) bond motifs is 3. The molecular weight excluding hydrogens is 909 g/mol. The molecule has 0 aromatic carbocycles. The number of nitrogens with zero attached hydrogens (tertiary/aromatic N) is 4. The number of allylic oxidation sites excluding steroid dienone is 3. The van der Waals surface area contributed by atoms with Crippen molar-refractivity contribution in [2.45, 2.75) is 134 Å². The van der Waals surface area contributed by atoms with Crippen LogP contribution in [0.5, 0.6) is 0 Å². The quantitative estimate of drug-likeness (QED) is 0.204. The highest BCUT2D eigenvalue weighted by Gasteiger charge is 2.48. The number of cyclic esters (lactones) is 1. The van der Waals surface area contributed by atoms with Crippen LogP contribution in [0.25, 0.3) is 10.8 Å². The van der Waals surface area contributed by atoms with E-state index in [2.05, 4.69) is 15.3 Å². The van der Waals surface area contributed by atoms with Crippen molar-refractivity contribution in [3.8, 4) is 10.8 Å². The first kappa shape index (κ1) is 53.8. The number of thiophene rings is 1. The van der Waals surface area contributed by atoms with Gasteiger partial charge in [-0.25, -0.2) is 0 Å². The number of hydrogen-bond acceptors (Lipinski definition) is 21. The second kappa shape index (κ2) is 25.5. The molecule has 4 aliphatic rings. The molecule has 21 heteroatoms. The number of aliphatic hydroxyl groups is 3. The summed E-state index contributed by atoms with van der Waals surface area (Å²) in [6.07, 6.45) is -4.12. The lowest BCUT2D eigenvalue weighted by Gasteiger charge is -2.47. The highest BCUT2D eigenvalue weighted by atomic mass is 32.1. The number of aromatic nitrogens is 2. The molecule has 0 radical (unpaired) electrons. The first-order valence-corrected chi connectivity index (χ1v) is 24.1. The molecule has 3 fully saturated rings. The van der Waals surface area contributed by atoms with Crippen LogP contribution in [-0.2, 0) is 63.7 Å². The van der Waals surface area contributed by atoms with Crippen molar-refractivity contribution in [2.75, 3.05) is 61.3 Å². The van der Waals surface area contributed by atoms with E-state index < -0.39 is 97.3 Å². The standard InChI is InChI=1S/C47H70N4O16S/c1-25-12-13-33(52)26(2)18-31-14-15-59-22-32(49-63-24-36-48-45(67-50-36)35-11-10-16-68-35)23-60-34(27(3)42(31)66-46-41(56)38(51(6)7)39(54)28(4)64-46)19-37(53)61-20-30(17-25)21-62-47-44(58-9)43(57-8)40(55)29(5)65-47/h10-13,16-17,26-31,34,38-44,46-47,54-56H,14-15,18-24H2,1-9H3/b13-12+,25-17+,49-32+/t26-,27+,28-,29-,30+,31?,34-,38+,39-,40-,41-,42-,43-,44-,46+,47-/m1/s1. The van der Waals surface area contributed by atoms with Crippen LogP contribution in [0.1, 0.15) is 59.7 Å². The van der Waals surface area contributed by atoms with E-state index in [-0.39, 0.29) is 63.6 Å². The van der Waals surface area contributed by atoms with Crippen LogP contribution in [0.15, 0.2) is 51.0 Å². The van der Waals surface area contributed by atoms with E-state index in [0.717, 1.165) is 10.5 Å². The topological polar surface area (TPSA) is 242 Å². The fourth-order valence-electron chi connectivity index (χ4n) is 9.10. The fourth-order valence-corrected chi connectivity index (χ4v) is 9.74. The maximum Gasteiger partial charge on any atom is 0.308 e. The van der Waals surface area contributed by atoms with Gasteiger partial charge in [0.05, 0.1) is 74.3 Å². The fraction of sp³-hybridized carbons (Fsp3) is 0.723. The number of oxime groups is 1. The van der Waals surface area contributed by atoms with Gasteiger partial charge in [0, 0.05) is 38.6 Å². The Bertz CT molecular complexity index is 1980. The summed E-state index contributed by atoms with van der Waals surface area (Å²) >= 11 is 1.47. The van der Waals surface area contributed by atoms with Crippen LogP contribution < -0.4 is 0 Å². The number of carbonyl (C=O) groups is 2. The Labute approximate surface area is 401 Å². The van der Waals surface area contributed by atoms with Gasteiger partial charge in [-0.15, -0.1) is 11.3 Å². The Hall–Kier alpha value is -3.55. The molecule has 6 rings (SSSR count). The summed E-state index contributed by atoms with van der Waals surface area (Å²) in [6.45, 7) is 8.95. The third-order valence-corrected chi connectivity index (χ3v) is 13.8. The Balaban J connectivity index is 1.29. The lowest BCUT2D eigenvalue weighted by atomic mass is 9.79. The number of aliphatic hydroxyl groups excluding tert-OH is 3. The minimum absolute atomic E-state index is 0.0161. The summed E-state index contributed by atoms with van der Waals surface area (Å²) in [4.78, 5) is 40.7. The highest BCUT2D eigenvalue weighted by Crippen LogP contribution is 2.36. The highest BCUT2D eigenvalue weighted by molar-refractivity contribution is 7.13. The molecule has 0 spiro atoms. The van der Waals surface area contributed by atoms with Crippen LogP contribution in [-0.4, -0.2) is 183 Å². The van der Waals surface area contributed by atoms with Crippen molar-refractivity contribution in [1.82, 2.24) is 15.0 Å². The molecule has 68 heavy (non-hydrogen) atoms. The van der Waals surface area contributed by atoms with E-state index in [1.54, 1.807) is 38.9 Å². The van der Waals surface area contributed by atoms with Gasteiger partial charge in [0.25, 0.3) is 5.89 Å². The minimum Gasteiger partial charge on any atom is -0.465 e. The van der Waals surface area contributed by atoms with Crippen molar-refractivity contribution in [1.29, 1.82) is 0 Å². The lowest BCUT2D eigenvalue weighted by Crippen LogP contribution is -2.63. The SMILES string of the molecule is CO[C@@H]1[C@H](O)[C@@H](C)O[C@@H](OC[C@H]2/C=C(C)/C=C/C(=O)[C@H](C)CC3CCOC/C(=N\OCc4noc(-c5cccs5)n4)CO[C@H](CC(=O)OC2)[C@H](C)[C@H]3O[C@@H]2O[C@H](C)[C@@H](O)[C@H](N(C)C)[C@H]2O)[C@@H]1OC. The van der Waals surface area contributed by atoms with Crippen molar-refractivity contribution < 1.29 is 76.9 Å². The molecule has 20 nitrogen and oxygen atoms in total. The smallest absolute Gasteiger partial charge is 0.308 e. The summed E-state index contributed by atoms with van der Waals surface area (Å²) < 4.78 is 60.6. The van der Waals surface area contributed by atoms with Crippen molar-refractivity contribution in [3.05, 3.63) is 47.1 Å². The van der Waals surface area contributed by atoms with Gasteiger partial charge in [0.2, 0.25) is 5.82 Å². The molecule has 0 saturated carbocycles. The van der Waals surface area contributed by atoms with E-state index in [9.17, 15) is 24.9 Å². The van der Waals surface area contributed by atoms with Gasteiger partial charge in [0.1, 0.15) is 30.1 Å². The number of methoxy groups -OCH3 is 2. The third-order valence-electron chi connectivity index (χ3n) is 13.0.